The minimum absolute atomic E-state index is 0.0923. The average Bonchev–Trinajstić information content (AvgIpc) is 3.08. The molecule has 3 aliphatic heterocycles. The lowest BCUT2D eigenvalue weighted by atomic mass is 9.65. The predicted octanol–water partition coefficient (Wildman–Crippen LogP) is 2.88. The largest absolute Gasteiger partial charge is 0.348 e. The van der Waals surface area contributed by atoms with Gasteiger partial charge in [-0.2, -0.15) is 0 Å². The number of nitrogens with zero attached hydrogens (tertiary/aromatic N) is 2. The molecule has 4 fully saturated rings. The molecule has 5 heteroatoms. The van der Waals surface area contributed by atoms with E-state index in [0.717, 1.165) is 22.1 Å². The number of nitrogens with one attached hydrogen (secondary N) is 1. The fourth-order valence-electron chi connectivity index (χ4n) is 4.99. The Kier molecular flexibility index (Phi) is 3.45. The van der Waals surface area contributed by atoms with Crippen LogP contribution in [0, 0.1) is 17.8 Å². The van der Waals surface area contributed by atoms with Crippen LogP contribution < -0.4 is 5.32 Å². The molecule has 0 radical (unpaired) electrons. The van der Waals surface area contributed by atoms with E-state index < -0.39 is 0 Å². The lowest BCUT2D eigenvalue weighted by Gasteiger charge is -2.55. The lowest BCUT2D eigenvalue weighted by molar-refractivity contribution is -0.0418. The highest BCUT2D eigenvalue weighted by Crippen LogP contribution is 2.43. The Balaban J connectivity index is 1.32. The van der Waals surface area contributed by atoms with Gasteiger partial charge in [0, 0.05) is 42.8 Å². The number of carbonyl (C=O) groups excluding carboxylic acids is 1. The van der Waals surface area contributed by atoms with Gasteiger partial charge < -0.3 is 10.2 Å². The van der Waals surface area contributed by atoms with Crippen LogP contribution in [0.15, 0.2) is 35.8 Å². The van der Waals surface area contributed by atoms with E-state index in [1.165, 1.54) is 43.8 Å². The van der Waals surface area contributed by atoms with Crippen molar-refractivity contribution in [1.82, 2.24) is 15.2 Å². The van der Waals surface area contributed by atoms with Gasteiger partial charge >= 0.3 is 0 Å². The number of carbonyl (C=O) groups is 1. The van der Waals surface area contributed by atoms with E-state index in [0.29, 0.717) is 17.9 Å². The summed E-state index contributed by atoms with van der Waals surface area (Å²) in [6.45, 7) is 3.62. The van der Waals surface area contributed by atoms with Gasteiger partial charge in [0.25, 0.3) is 5.91 Å². The molecule has 3 saturated heterocycles. The minimum atomic E-state index is 0.0923. The fourth-order valence-corrected chi connectivity index (χ4v) is 5.79. The summed E-state index contributed by atoms with van der Waals surface area (Å²) in [4.78, 5) is 20.5. The molecular formula is C19H21N3OS. The van der Waals surface area contributed by atoms with Crippen molar-refractivity contribution in [2.24, 2.45) is 17.8 Å². The maximum atomic E-state index is 12.7. The standard InChI is InChI=1S/C19H21N3OS/c23-19(17-7-15(11-24-17)16-3-1-2-4-20-16)21-18-13-5-12-6-14(18)10-22(8-12)9-13/h1-4,7,11-14,18H,5-6,8-10H2,(H,21,23)/t12?,13-,14+,18?. The zero-order valence-corrected chi connectivity index (χ0v) is 14.3. The number of hydrogen-bond acceptors (Lipinski definition) is 4. The second kappa shape index (κ2) is 5.67. The molecule has 1 N–H and O–H groups in total. The molecule has 4 aliphatic rings. The van der Waals surface area contributed by atoms with E-state index in [9.17, 15) is 4.79 Å². The molecule has 24 heavy (non-hydrogen) atoms. The third-order valence-corrected chi connectivity index (χ3v) is 6.80. The molecule has 1 aliphatic carbocycles. The zero-order valence-electron chi connectivity index (χ0n) is 13.5. The van der Waals surface area contributed by atoms with E-state index in [-0.39, 0.29) is 5.91 Å². The van der Waals surface area contributed by atoms with Gasteiger partial charge in [-0.25, -0.2) is 0 Å². The molecule has 1 amide bonds. The van der Waals surface area contributed by atoms with Crippen molar-refractivity contribution >= 4 is 17.2 Å². The second-order valence-corrected chi connectivity index (χ2v) is 8.40. The van der Waals surface area contributed by atoms with E-state index >= 15 is 0 Å². The van der Waals surface area contributed by atoms with Crippen LogP contribution in [-0.2, 0) is 0 Å². The van der Waals surface area contributed by atoms with E-state index in [4.69, 9.17) is 0 Å². The highest BCUT2D eigenvalue weighted by atomic mass is 32.1. The molecule has 124 valence electrons. The number of aromatic nitrogens is 1. The summed E-state index contributed by atoms with van der Waals surface area (Å²) in [6.07, 6.45) is 4.37. The smallest absolute Gasteiger partial charge is 0.261 e. The number of amides is 1. The molecule has 4 nitrogen and oxygen atoms in total. The summed E-state index contributed by atoms with van der Waals surface area (Å²) in [6, 6.07) is 8.21. The van der Waals surface area contributed by atoms with Crippen LogP contribution in [0.25, 0.3) is 11.3 Å². The summed E-state index contributed by atoms with van der Waals surface area (Å²) < 4.78 is 0. The molecule has 5 atom stereocenters. The molecule has 2 aromatic rings. The Morgan fingerprint density at radius 1 is 1.21 bits per heavy atom. The van der Waals surface area contributed by atoms with Gasteiger partial charge in [-0.3, -0.25) is 9.78 Å². The number of rotatable bonds is 3. The summed E-state index contributed by atoms with van der Waals surface area (Å²) in [5.41, 5.74) is 1.96. The minimum Gasteiger partial charge on any atom is -0.348 e. The molecule has 6 rings (SSSR count). The summed E-state index contributed by atoms with van der Waals surface area (Å²) in [5, 5.41) is 5.40. The highest BCUT2D eigenvalue weighted by Gasteiger charge is 2.47. The first-order valence-corrected chi connectivity index (χ1v) is 9.67. The molecule has 1 saturated carbocycles. The van der Waals surface area contributed by atoms with Crippen molar-refractivity contribution < 1.29 is 4.79 Å². The van der Waals surface area contributed by atoms with Crippen molar-refractivity contribution in [2.45, 2.75) is 18.9 Å². The Labute approximate surface area is 145 Å². The highest BCUT2D eigenvalue weighted by molar-refractivity contribution is 7.12. The Bertz CT molecular complexity index is 729. The molecule has 0 aromatic carbocycles. The van der Waals surface area contributed by atoms with Gasteiger partial charge in [0.1, 0.15) is 0 Å². The molecule has 3 unspecified atom stereocenters. The number of pyridine rings is 1. The summed E-state index contributed by atoms with van der Waals surface area (Å²) in [7, 11) is 0. The molecule has 5 heterocycles. The Morgan fingerprint density at radius 3 is 2.75 bits per heavy atom. The van der Waals surface area contributed by atoms with Crippen molar-refractivity contribution in [3.63, 3.8) is 0 Å². The van der Waals surface area contributed by atoms with Gasteiger partial charge in [-0.1, -0.05) is 6.07 Å². The quantitative estimate of drug-likeness (QED) is 0.935. The first-order chi connectivity index (χ1) is 11.8. The third kappa shape index (κ3) is 2.47. The summed E-state index contributed by atoms with van der Waals surface area (Å²) in [5.74, 6) is 2.26. The monoisotopic (exact) mass is 339 g/mol. The average molecular weight is 339 g/mol. The van der Waals surface area contributed by atoms with Crippen molar-refractivity contribution in [3.05, 3.63) is 40.7 Å². The first-order valence-electron chi connectivity index (χ1n) is 8.79. The topological polar surface area (TPSA) is 45.2 Å². The number of hydrogen-bond donors (Lipinski definition) is 1. The SMILES string of the molecule is O=C(NC1[C@@H]2CC3C[C@H]1CN(C3)C2)c1cc(-c2ccccn2)cs1. The summed E-state index contributed by atoms with van der Waals surface area (Å²) >= 11 is 1.52. The normalized spacial score (nSPS) is 33.6. The number of piperidine rings is 3. The van der Waals surface area contributed by atoms with Crippen LogP contribution in [0.4, 0.5) is 0 Å². The fraction of sp³-hybridized carbons (Fsp3) is 0.474. The lowest BCUT2D eigenvalue weighted by Crippen LogP contribution is -2.64. The van der Waals surface area contributed by atoms with Gasteiger partial charge in [0.05, 0.1) is 10.6 Å². The van der Waals surface area contributed by atoms with Crippen LogP contribution in [0.5, 0.6) is 0 Å². The van der Waals surface area contributed by atoms with Crippen LogP contribution in [0.1, 0.15) is 22.5 Å². The van der Waals surface area contributed by atoms with Crippen molar-refractivity contribution in [1.29, 1.82) is 0 Å². The van der Waals surface area contributed by atoms with Crippen molar-refractivity contribution in [3.8, 4) is 11.3 Å². The molecule has 0 spiro atoms. The predicted molar refractivity (Wildman–Crippen MR) is 94.9 cm³/mol. The van der Waals surface area contributed by atoms with Gasteiger partial charge in [-0.15, -0.1) is 11.3 Å². The molecule has 4 bridgehead atoms. The van der Waals surface area contributed by atoms with Crippen LogP contribution in [-0.4, -0.2) is 41.5 Å². The van der Waals surface area contributed by atoms with E-state index in [1.54, 1.807) is 6.20 Å². The van der Waals surface area contributed by atoms with Crippen LogP contribution in [0.3, 0.4) is 0 Å². The van der Waals surface area contributed by atoms with Crippen LogP contribution >= 0.6 is 11.3 Å². The maximum absolute atomic E-state index is 12.7. The van der Waals surface area contributed by atoms with Gasteiger partial charge in [-0.05, 0) is 48.8 Å². The zero-order chi connectivity index (χ0) is 16.1. The first kappa shape index (κ1) is 14.6. The number of thiophene rings is 1. The van der Waals surface area contributed by atoms with E-state index in [2.05, 4.69) is 15.2 Å². The van der Waals surface area contributed by atoms with Gasteiger partial charge in [0.2, 0.25) is 0 Å². The molecular weight excluding hydrogens is 318 g/mol. The second-order valence-electron chi connectivity index (χ2n) is 7.49. The third-order valence-electron chi connectivity index (χ3n) is 5.87. The van der Waals surface area contributed by atoms with Crippen molar-refractivity contribution in [2.75, 3.05) is 19.6 Å². The maximum Gasteiger partial charge on any atom is 0.261 e. The van der Waals surface area contributed by atoms with Crippen LogP contribution in [0.2, 0.25) is 0 Å². The molecule has 2 aromatic heterocycles. The van der Waals surface area contributed by atoms with Gasteiger partial charge in [0.15, 0.2) is 0 Å². The van der Waals surface area contributed by atoms with E-state index in [1.807, 2.05) is 29.6 Å². The Hall–Kier alpha value is -1.72. The Morgan fingerprint density at radius 2 is 2.04 bits per heavy atom.